The van der Waals surface area contributed by atoms with Crippen molar-refractivity contribution in [1.29, 1.82) is 0 Å². The van der Waals surface area contributed by atoms with Gasteiger partial charge in [0.2, 0.25) is 0 Å². The zero-order valence-corrected chi connectivity index (χ0v) is 7.77. The van der Waals surface area contributed by atoms with E-state index in [0.29, 0.717) is 0 Å². The Morgan fingerprint density at radius 3 is 2.36 bits per heavy atom. The molecule has 0 saturated carbocycles. The number of thiophene rings is 1. The van der Waals surface area contributed by atoms with Crippen LogP contribution in [0, 0.1) is 6.92 Å². The number of hydrogen-bond acceptors (Lipinski definition) is 3. The van der Waals surface area contributed by atoms with Gasteiger partial charge in [-0.2, -0.15) is 0 Å². The maximum absolute atomic E-state index is 5.09. The van der Waals surface area contributed by atoms with Gasteiger partial charge in [-0.3, -0.25) is 0 Å². The highest BCUT2D eigenvalue weighted by atomic mass is 32.1. The average Bonchev–Trinajstić information content (AvgIpc) is 2.39. The van der Waals surface area contributed by atoms with E-state index in [2.05, 4.69) is 18.4 Å². The number of rotatable bonds is 3. The highest BCUT2D eigenvalue weighted by molar-refractivity contribution is 7.10. The van der Waals surface area contributed by atoms with Gasteiger partial charge in [0.15, 0.2) is 6.29 Å². The second-order valence-electron chi connectivity index (χ2n) is 2.33. The van der Waals surface area contributed by atoms with Crippen LogP contribution in [0.2, 0.25) is 0 Å². The Morgan fingerprint density at radius 1 is 1.36 bits per heavy atom. The lowest BCUT2D eigenvalue weighted by Crippen LogP contribution is -2.00. The van der Waals surface area contributed by atoms with Gasteiger partial charge in [0, 0.05) is 14.2 Å². The molecule has 62 valence electrons. The van der Waals surface area contributed by atoms with Crippen LogP contribution in [0.15, 0.2) is 11.4 Å². The molecule has 2 nitrogen and oxygen atoms in total. The van der Waals surface area contributed by atoms with Gasteiger partial charge in [0.1, 0.15) is 0 Å². The highest BCUT2D eigenvalue weighted by Crippen LogP contribution is 2.24. The largest absolute Gasteiger partial charge is 0.351 e. The van der Waals surface area contributed by atoms with Crippen LogP contribution < -0.4 is 0 Å². The Morgan fingerprint density at radius 2 is 2.00 bits per heavy atom. The minimum Gasteiger partial charge on any atom is -0.351 e. The van der Waals surface area contributed by atoms with Crippen molar-refractivity contribution in [3.63, 3.8) is 0 Å². The molecule has 0 N–H and O–H groups in total. The maximum Gasteiger partial charge on any atom is 0.192 e. The third-order valence-corrected chi connectivity index (χ3v) is 2.48. The van der Waals surface area contributed by atoms with E-state index in [1.165, 1.54) is 5.56 Å². The highest BCUT2D eigenvalue weighted by Gasteiger charge is 2.09. The summed E-state index contributed by atoms with van der Waals surface area (Å²) in [5, 5.41) is 2.08. The standard InChI is InChI=1S/C8H12O2S/c1-6-4-7(11-5-6)8(9-2)10-3/h4-5,8H,1-3H3. The smallest absolute Gasteiger partial charge is 0.192 e. The molecule has 0 aliphatic heterocycles. The molecule has 0 bridgehead atoms. The van der Waals surface area contributed by atoms with Crippen molar-refractivity contribution in [2.45, 2.75) is 13.2 Å². The number of methoxy groups -OCH3 is 2. The fourth-order valence-electron chi connectivity index (χ4n) is 0.906. The first kappa shape index (κ1) is 8.71. The lowest BCUT2D eigenvalue weighted by atomic mass is 10.3. The molecule has 0 atom stereocenters. The van der Waals surface area contributed by atoms with Crippen LogP contribution in [0.5, 0.6) is 0 Å². The number of hydrogen-bond donors (Lipinski definition) is 0. The normalized spacial score (nSPS) is 10.9. The lowest BCUT2D eigenvalue weighted by molar-refractivity contribution is -0.103. The van der Waals surface area contributed by atoms with E-state index in [1.807, 2.05) is 0 Å². The Hall–Kier alpha value is -0.380. The molecule has 0 aromatic carbocycles. The van der Waals surface area contributed by atoms with Gasteiger partial charge in [-0.1, -0.05) is 0 Å². The van der Waals surface area contributed by atoms with Crippen molar-refractivity contribution < 1.29 is 9.47 Å². The van der Waals surface area contributed by atoms with Gasteiger partial charge in [0.25, 0.3) is 0 Å². The van der Waals surface area contributed by atoms with Gasteiger partial charge in [-0.05, 0) is 23.9 Å². The van der Waals surface area contributed by atoms with E-state index < -0.39 is 0 Å². The zero-order valence-electron chi connectivity index (χ0n) is 6.96. The average molecular weight is 172 g/mol. The van der Waals surface area contributed by atoms with Crippen molar-refractivity contribution in [2.75, 3.05) is 14.2 Å². The van der Waals surface area contributed by atoms with Crippen molar-refractivity contribution in [3.05, 3.63) is 21.9 Å². The summed E-state index contributed by atoms with van der Waals surface area (Å²) in [4.78, 5) is 1.12. The second kappa shape index (κ2) is 3.85. The van der Waals surface area contributed by atoms with E-state index in [4.69, 9.17) is 9.47 Å². The molecule has 1 aromatic rings. The van der Waals surface area contributed by atoms with Crippen molar-refractivity contribution in [2.24, 2.45) is 0 Å². The Labute approximate surface area is 70.8 Å². The van der Waals surface area contributed by atoms with E-state index >= 15 is 0 Å². The predicted octanol–water partition coefficient (Wildman–Crippen LogP) is 2.35. The molecule has 1 heterocycles. The van der Waals surface area contributed by atoms with Gasteiger partial charge in [-0.15, -0.1) is 11.3 Å². The third-order valence-electron chi connectivity index (χ3n) is 1.41. The molecule has 0 spiro atoms. The molecule has 0 radical (unpaired) electrons. The molecule has 0 saturated heterocycles. The van der Waals surface area contributed by atoms with E-state index in [9.17, 15) is 0 Å². The molecule has 0 unspecified atom stereocenters. The SMILES string of the molecule is COC(OC)c1cc(C)cs1. The molecule has 3 heteroatoms. The van der Waals surface area contributed by atoms with Crippen molar-refractivity contribution in [3.8, 4) is 0 Å². The summed E-state index contributed by atoms with van der Waals surface area (Å²) in [6.07, 6.45) is -0.200. The molecule has 0 fully saturated rings. The summed E-state index contributed by atoms with van der Waals surface area (Å²) in [6.45, 7) is 2.06. The van der Waals surface area contributed by atoms with Gasteiger partial charge in [0.05, 0.1) is 4.88 Å². The number of ether oxygens (including phenoxy) is 2. The summed E-state index contributed by atoms with van der Waals surface area (Å²) in [5.41, 5.74) is 1.25. The van der Waals surface area contributed by atoms with Crippen LogP contribution in [-0.4, -0.2) is 14.2 Å². The van der Waals surface area contributed by atoms with Crippen LogP contribution in [0.3, 0.4) is 0 Å². The van der Waals surface area contributed by atoms with E-state index in [0.717, 1.165) is 4.88 Å². The second-order valence-corrected chi connectivity index (χ2v) is 3.27. The van der Waals surface area contributed by atoms with E-state index in [1.54, 1.807) is 25.6 Å². The quantitative estimate of drug-likeness (QED) is 0.651. The van der Waals surface area contributed by atoms with Gasteiger partial charge >= 0.3 is 0 Å². The van der Waals surface area contributed by atoms with Gasteiger partial charge in [-0.25, -0.2) is 0 Å². The Kier molecular flexibility index (Phi) is 3.05. The van der Waals surface area contributed by atoms with Crippen molar-refractivity contribution in [1.82, 2.24) is 0 Å². The molecule has 11 heavy (non-hydrogen) atoms. The van der Waals surface area contributed by atoms with Crippen LogP contribution in [0.25, 0.3) is 0 Å². The predicted molar refractivity (Wildman–Crippen MR) is 45.8 cm³/mol. The first-order valence-electron chi connectivity index (χ1n) is 3.38. The molecule has 0 aliphatic carbocycles. The Balaban J connectivity index is 2.73. The molecular weight excluding hydrogens is 160 g/mol. The van der Waals surface area contributed by atoms with Crippen LogP contribution in [0.1, 0.15) is 16.7 Å². The molecular formula is C8H12O2S. The summed E-state index contributed by atoms with van der Waals surface area (Å²) < 4.78 is 10.2. The summed E-state index contributed by atoms with van der Waals surface area (Å²) in [7, 11) is 3.28. The monoisotopic (exact) mass is 172 g/mol. The summed E-state index contributed by atoms with van der Waals surface area (Å²) in [6, 6.07) is 2.07. The zero-order chi connectivity index (χ0) is 8.27. The molecule has 1 rings (SSSR count). The van der Waals surface area contributed by atoms with Crippen LogP contribution >= 0.6 is 11.3 Å². The molecule has 0 amide bonds. The number of aryl methyl sites for hydroxylation is 1. The summed E-state index contributed by atoms with van der Waals surface area (Å²) >= 11 is 1.66. The third kappa shape index (κ3) is 2.02. The van der Waals surface area contributed by atoms with Crippen LogP contribution in [-0.2, 0) is 9.47 Å². The lowest BCUT2D eigenvalue weighted by Gasteiger charge is -2.09. The minimum absolute atomic E-state index is 0.200. The molecule has 0 aliphatic rings. The van der Waals surface area contributed by atoms with Crippen LogP contribution in [0.4, 0.5) is 0 Å². The van der Waals surface area contributed by atoms with Crippen molar-refractivity contribution >= 4 is 11.3 Å². The first-order valence-corrected chi connectivity index (χ1v) is 4.26. The van der Waals surface area contributed by atoms with Gasteiger partial charge < -0.3 is 9.47 Å². The maximum atomic E-state index is 5.09. The minimum atomic E-state index is -0.200. The fourth-order valence-corrected chi connectivity index (χ4v) is 1.85. The summed E-state index contributed by atoms with van der Waals surface area (Å²) in [5.74, 6) is 0. The topological polar surface area (TPSA) is 18.5 Å². The fraction of sp³-hybridized carbons (Fsp3) is 0.500. The van der Waals surface area contributed by atoms with E-state index in [-0.39, 0.29) is 6.29 Å². The first-order chi connectivity index (χ1) is 5.27. The molecule has 1 aromatic heterocycles. The Bertz CT molecular complexity index is 216.